The molecule has 11 nitrogen and oxygen atoms in total. The van der Waals surface area contributed by atoms with E-state index in [2.05, 4.69) is 26.9 Å². The number of carbonyl (C=O) groups is 3. The molecule has 2 heterocycles. The number of hydrogen-bond donors (Lipinski definition) is 3. The monoisotopic (exact) mass is 569 g/mol. The predicted molar refractivity (Wildman–Crippen MR) is 150 cm³/mol. The van der Waals surface area contributed by atoms with Gasteiger partial charge in [-0.05, 0) is 57.9 Å². The molecule has 1 saturated heterocycles. The summed E-state index contributed by atoms with van der Waals surface area (Å²) < 4.78 is 32.6. The number of anilines is 1. The molecule has 2 saturated carbocycles. The number of sulfonamides is 1. The molecular weight excluding hydrogens is 534 g/mol. The maximum atomic E-state index is 13.7. The Bertz CT molecular complexity index is 1460. The van der Waals surface area contributed by atoms with Crippen LogP contribution >= 0.6 is 0 Å². The van der Waals surface area contributed by atoms with E-state index < -0.39 is 56.3 Å². The number of carbonyl (C=O) groups excluding carboxylic acids is 3. The van der Waals surface area contributed by atoms with E-state index in [1.807, 2.05) is 30.3 Å². The van der Waals surface area contributed by atoms with Crippen molar-refractivity contribution in [3.63, 3.8) is 0 Å². The molecule has 0 bridgehead atoms. The Hall–Kier alpha value is -3.67. The van der Waals surface area contributed by atoms with Crippen LogP contribution in [0.2, 0.25) is 0 Å². The van der Waals surface area contributed by atoms with Gasteiger partial charge in [-0.1, -0.05) is 30.3 Å². The van der Waals surface area contributed by atoms with Crippen molar-refractivity contribution in [2.24, 2.45) is 5.92 Å². The third kappa shape index (κ3) is 5.63. The molecular formula is C28H35N5O6S. The minimum Gasteiger partial charge on any atom is -0.444 e. The quantitative estimate of drug-likeness (QED) is 0.411. The summed E-state index contributed by atoms with van der Waals surface area (Å²) in [5.41, 5.74) is -2.23. The lowest BCUT2D eigenvalue weighted by Gasteiger charge is -2.29. The molecule has 12 heteroatoms. The van der Waals surface area contributed by atoms with Crippen LogP contribution in [0.1, 0.15) is 46.5 Å². The first-order valence-corrected chi connectivity index (χ1v) is 15.0. The third-order valence-corrected chi connectivity index (χ3v) is 9.31. The van der Waals surface area contributed by atoms with Crippen LogP contribution in [-0.2, 0) is 24.3 Å². The summed E-state index contributed by atoms with van der Waals surface area (Å²) in [6.45, 7) is 9.12. The zero-order valence-corrected chi connectivity index (χ0v) is 23.7. The van der Waals surface area contributed by atoms with Crippen LogP contribution < -0.4 is 15.4 Å². The molecule has 0 spiro atoms. The van der Waals surface area contributed by atoms with Gasteiger partial charge in [-0.25, -0.2) is 18.2 Å². The number of fused-ring (bicyclic) bond motifs is 1. The van der Waals surface area contributed by atoms with Crippen LogP contribution in [0.25, 0.3) is 10.8 Å². The van der Waals surface area contributed by atoms with E-state index in [0.717, 1.165) is 10.8 Å². The maximum Gasteiger partial charge on any atom is 0.411 e. The van der Waals surface area contributed by atoms with E-state index >= 15 is 0 Å². The number of rotatable bonds is 8. The van der Waals surface area contributed by atoms with Crippen LogP contribution in [0.3, 0.4) is 0 Å². The molecule has 1 aliphatic heterocycles. The SMILES string of the molecule is C=C[C@H]1C[C@]1(NC(=O)[C@@H]1C[C@@H](Nc2nccc3ccccc23)CN1C(=O)OC(C)(C)C)C(=O)NS(=O)(=O)C1CC1. The molecule has 2 aromatic rings. The second-order valence-electron chi connectivity index (χ2n) is 11.8. The number of nitrogens with zero attached hydrogens (tertiary/aromatic N) is 2. The first-order valence-electron chi connectivity index (χ1n) is 13.4. The van der Waals surface area contributed by atoms with Gasteiger partial charge in [0.15, 0.2) is 0 Å². The summed E-state index contributed by atoms with van der Waals surface area (Å²) in [7, 11) is -3.81. The average Bonchev–Trinajstić information content (AvgIpc) is 3.80. The highest BCUT2D eigenvalue weighted by atomic mass is 32.2. The van der Waals surface area contributed by atoms with Gasteiger partial charge in [0.25, 0.3) is 5.91 Å². The van der Waals surface area contributed by atoms with E-state index in [4.69, 9.17) is 4.74 Å². The zero-order valence-electron chi connectivity index (χ0n) is 22.8. The number of benzene rings is 1. The van der Waals surface area contributed by atoms with Crippen molar-refractivity contribution >= 4 is 44.5 Å². The fourth-order valence-electron chi connectivity index (χ4n) is 5.16. The second-order valence-corrected chi connectivity index (χ2v) is 13.7. The van der Waals surface area contributed by atoms with E-state index in [1.165, 1.54) is 11.0 Å². The van der Waals surface area contributed by atoms with Gasteiger partial charge >= 0.3 is 6.09 Å². The van der Waals surface area contributed by atoms with E-state index in [0.29, 0.717) is 18.7 Å². The van der Waals surface area contributed by atoms with Crippen LogP contribution in [0, 0.1) is 5.92 Å². The summed E-state index contributed by atoms with van der Waals surface area (Å²) in [4.78, 5) is 45.9. The van der Waals surface area contributed by atoms with Gasteiger partial charge in [0.2, 0.25) is 15.9 Å². The van der Waals surface area contributed by atoms with Gasteiger partial charge in [-0.3, -0.25) is 19.2 Å². The number of amides is 3. The number of hydrogen-bond acceptors (Lipinski definition) is 8. The molecule has 0 radical (unpaired) electrons. The number of likely N-dealkylation sites (tertiary alicyclic amines) is 1. The third-order valence-electron chi connectivity index (χ3n) is 7.50. The highest BCUT2D eigenvalue weighted by Crippen LogP contribution is 2.45. The maximum absolute atomic E-state index is 13.7. The molecule has 214 valence electrons. The van der Waals surface area contributed by atoms with Crippen LogP contribution in [0.4, 0.5) is 10.6 Å². The summed E-state index contributed by atoms with van der Waals surface area (Å²) >= 11 is 0. The van der Waals surface area contributed by atoms with Crippen LogP contribution in [0.15, 0.2) is 49.2 Å². The lowest BCUT2D eigenvalue weighted by molar-refractivity contribution is -0.131. The Morgan fingerprint density at radius 2 is 1.90 bits per heavy atom. The molecule has 1 aromatic heterocycles. The first kappa shape index (κ1) is 27.9. The molecule has 40 heavy (non-hydrogen) atoms. The molecule has 3 amide bonds. The lowest BCUT2D eigenvalue weighted by atomic mass is 10.1. The first-order chi connectivity index (χ1) is 18.8. The van der Waals surface area contributed by atoms with Gasteiger partial charge in [-0.15, -0.1) is 6.58 Å². The fourth-order valence-corrected chi connectivity index (χ4v) is 6.52. The number of pyridine rings is 1. The Morgan fingerprint density at radius 3 is 2.55 bits per heavy atom. The van der Waals surface area contributed by atoms with Crippen LogP contribution in [0.5, 0.6) is 0 Å². The summed E-state index contributed by atoms with van der Waals surface area (Å²) in [5.74, 6) is -1.15. The van der Waals surface area contributed by atoms with Crippen molar-refractivity contribution in [1.82, 2.24) is 19.9 Å². The van der Waals surface area contributed by atoms with Crippen molar-refractivity contribution in [1.29, 1.82) is 0 Å². The standard InChI is InChI=1S/C28H35N5O6S/c1-5-18-15-28(18,25(35)32-40(37,38)20-10-11-20)31-24(34)22-14-19(16-33(22)26(36)39-27(2,3)4)30-23-21-9-7-6-8-17(21)12-13-29-23/h5-9,12-13,18-20,22H,1,10-11,14-16H2,2-4H3,(H,29,30)(H,31,34)(H,32,35)/t18-,19+,22-,28+/m0/s1. The zero-order chi connectivity index (χ0) is 28.9. The highest BCUT2D eigenvalue weighted by molar-refractivity contribution is 7.91. The van der Waals surface area contributed by atoms with Crippen molar-refractivity contribution in [3.05, 3.63) is 49.2 Å². The minimum absolute atomic E-state index is 0.165. The molecule has 4 atom stereocenters. The number of aromatic nitrogens is 1. The predicted octanol–water partition coefficient (Wildman–Crippen LogP) is 2.69. The molecule has 1 aromatic carbocycles. The number of nitrogens with one attached hydrogen (secondary N) is 3. The normalized spacial score (nSPS) is 26.2. The van der Waals surface area contributed by atoms with Gasteiger partial charge < -0.3 is 15.4 Å². The van der Waals surface area contributed by atoms with Gasteiger partial charge in [0.1, 0.15) is 23.0 Å². The van der Waals surface area contributed by atoms with Crippen LogP contribution in [-0.4, -0.2) is 71.2 Å². The highest BCUT2D eigenvalue weighted by Gasteiger charge is 2.62. The fraction of sp³-hybridized carbons (Fsp3) is 0.500. The topological polar surface area (TPSA) is 147 Å². The second kappa shape index (κ2) is 10.1. The van der Waals surface area contributed by atoms with E-state index in [-0.39, 0.29) is 25.4 Å². The van der Waals surface area contributed by atoms with Crippen molar-refractivity contribution in [3.8, 4) is 0 Å². The lowest BCUT2D eigenvalue weighted by Crippen LogP contribution is -2.56. The van der Waals surface area contributed by atoms with Crippen molar-refractivity contribution in [2.75, 3.05) is 11.9 Å². The molecule has 5 rings (SSSR count). The molecule has 3 fully saturated rings. The Kier molecular flexibility index (Phi) is 7.01. The van der Waals surface area contributed by atoms with Crippen molar-refractivity contribution in [2.45, 2.75) is 74.9 Å². The van der Waals surface area contributed by atoms with E-state index in [9.17, 15) is 22.8 Å². The molecule has 0 unspecified atom stereocenters. The molecule has 2 aliphatic carbocycles. The summed E-state index contributed by atoms with van der Waals surface area (Å²) in [5, 5.41) is 7.46. The van der Waals surface area contributed by atoms with Gasteiger partial charge in [-0.2, -0.15) is 0 Å². The van der Waals surface area contributed by atoms with Crippen molar-refractivity contribution < 1.29 is 27.5 Å². The van der Waals surface area contributed by atoms with Gasteiger partial charge in [0.05, 0.1) is 5.25 Å². The summed E-state index contributed by atoms with van der Waals surface area (Å²) in [6.07, 6.45) is 4.01. The van der Waals surface area contributed by atoms with E-state index in [1.54, 1.807) is 27.0 Å². The Labute approximate surface area is 233 Å². The smallest absolute Gasteiger partial charge is 0.411 e. The number of ether oxygens (including phenoxy) is 1. The Balaban J connectivity index is 1.37. The molecule has 3 N–H and O–H groups in total. The van der Waals surface area contributed by atoms with Gasteiger partial charge in [0, 0.05) is 30.1 Å². The Morgan fingerprint density at radius 1 is 1.18 bits per heavy atom. The average molecular weight is 570 g/mol. The largest absolute Gasteiger partial charge is 0.444 e. The minimum atomic E-state index is -3.81. The molecule has 3 aliphatic rings. The summed E-state index contributed by atoms with van der Waals surface area (Å²) in [6, 6.07) is 8.36.